The molecule has 0 N–H and O–H groups in total. The molecule has 2 nitrogen and oxygen atoms in total. The third kappa shape index (κ3) is 2.93. The normalized spacial score (nSPS) is 17.8. The number of hydrogen-bond acceptors (Lipinski definition) is 2. The molecule has 0 saturated carbocycles. The number of halogens is 1. The van der Waals surface area contributed by atoms with Crippen molar-refractivity contribution >= 4 is 17.3 Å². The fourth-order valence-electron chi connectivity index (χ4n) is 2.23. The lowest BCUT2D eigenvalue weighted by molar-refractivity contribution is 0.313. The quantitative estimate of drug-likeness (QED) is 0.798. The summed E-state index contributed by atoms with van der Waals surface area (Å²) in [6.07, 6.45) is 0. The third-order valence-corrected chi connectivity index (χ3v) is 3.81. The van der Waals surface area contributed by atoms with Crippen LogP contribution in [0.3, 0.4) is 0 Å². The number of piperazine rings is 1. The van der Waals surface area contributed by atoms with Crippen LogP contribution in [0.1, 0.15) is 25.3 Å². The molecule has 0 amide bonds. The Hall–Kier alpha value is -0.730. The van der Waals surface area contributed by atoms with Gasteiger partial charge in [0.2, 0.25) is 0 Å². The molecule has 0 aliphatic carbocycles. The van der Waals surface area contributed by atoms with E-state index in [-0.39, 0.29) is 0 Å². The number of benzene rings is 1. The molecule has 0 aromatic heterocycles. The van der Waals surface area contributed by atoms with Crippen LogP contribution in [-0.4, -0.2) is 38.1 Å². The number of anilines is 1. The maximum atomic E-state index is 6.23. The van der Waals surface area contributed by atoms with Gasteiger partial charge in [-0.3, -0.25) is 0 Å². The Morgan fingerprint density at radius 2 is 1.76 bits per heavy atom. The summed E-state index contributed by atoms with van der Waals surface area (Å²) in [6, 6.07) is 6.42. The van der Waals surface area contributed by atoms with Crippen LogP contribution < -0.4 is 4.90 Å². The van der Waals surface area contributed by atoms with Crippen LogP contribution in [0.5, 0.6) is 0 Å². The molecule has 1 aliphatic heterocycles. The van der Waals surface area contributed by atoms with Crippen molar-refractivity contribution in [3.8, 4) is 0 Å². The van der Waals surface area contributed by atoms with Crippen LogP contribution in [0, 0.1) is 0 Å². The zero-order valence-corrected chi connectivity index (χ0v) is 11.7. The molecule has 1 saturated heterocycles. The molecule has 1 fully saturated rings. The Morgan fingerprint density at radius 1 is 1.12 bits per heavy atom. The highest BCUT2D eigenvalue weighted by Crippen LogP contribution is 2.29. The number of nitrogens with zero attached hydrogens (tertiary/aromatic N) is 2. The lowest BCUT2D eigenvalue weighted by atomic mass is 10.0. The Kier molecular flexibility index (Phi) is 3.95. The molecule has 1 aromatic carbocycles. The largest absolute Gasteiger partial charge is 0.369 e. The highest BCUT2D eigenvalue weighted by molar-refractivity contribution is 6.31. The number of likely N-dealkylation sites (N-methyl/N-ethyl adjacent to an activating group) is 1. The van der Waals surface area contributed by atoms with E-state index in [1.807, 2.05) is 6.07 Å². The molecule has 2 rings (SSSR count). The van der Waals surface area contributed by atoms with Gasteiger partial charge in [0.05, 0.1) is 0 Å². The van der Waals surface area contributed by atoms with Gasteiger partial charge in [0.1, 0.15) is 0 Å². The van der Waals surface area contributed by atoms with Crippen molar-refractivity contribution < 1.29 is 0 Å². The Morgan fingerprint density at radius 3 is 2.35 bits per heavy atom. The monoisotopic (exact) mass is 252 g/mol. The van der Waals surface area contributed by atoms with Crippen molar-refractivity contribution in [2.75, 3.05) is 38.1 Å². The van der Waals surface area contributed by atoms with E-state index in [4.69, 9.17) is 11.6 Å². The standard InChI is InChI=1S/C14H21ClN2/c1-11(2)13-10-12(4-5-14(13)15)17-8-6-16(3)7-9-17/h4-5,10-11H,6-9H2,1-3H3. The first-order valence-electron chi connectivity index (χ1n) is 6.31. The van der Waals surface area contributed by atoms with Crippen LogP contribution in [0.4, 0.5) is 5.69 Å². The third-order valence-electron chi connectivity index (χ3n) is 3.47. The topological polar surface area (TPSA) is 6.48 Å². The minimum absolute atomic E-state index is 0.481. The molecular weight excluding hydrogens is 232 g/mol. The van der Waals surface area contributed by atoms with Crippen molar-refractivity contribution in [1.29, 1.82) is 0 Å². The average Bonchev–Trinajstić information content (AvgIpc) is 2.30. The second kappa shape index (κ2) is 5.28. The fourth-order valence-corrected chi connectivity index (χ4v) is 2.57. The number of rotatable bonds is 2. The van der Waals surface area contributed by atoms with Crippen LogP contribution in [0.25, 0.3) is 0 Å². The maximum absolute atomic E-state index is 6.23. The molecule has 1 heterocycles. The molecule has 0 unspecified atom stereocenters. The van der Waals surface area contributed by atoms with Gasteiger partial charge in [0.25, 0.3) is 0 Å². The second-order valence-corrected chi connectivity index (χ2v) is 5.56. The summed E-state index contributed by atoms with van der Waals surface area (Å²) in [5.41, 5.74) is 2.56. The molecule has 0 bridgehead atoms. The van der Waals surface area contributed by atoms with Crippen molar-refractivity contribution in [2.45, 2.75) is 19.8 Å². The van der Waals surface area contributed by atoms with Gasteiger partial charge >= 0.3 is 0 Å². The van der Waals surface area contributed by atoms with E-state index in [0.29, 0.717) is 5.92 Å². The zero-order valence-electron chi connectivity index (χ0n) is 10.9. The Labute approximate surface area is 109 Å². The molecule has 1 aliphatic rings. The molecule has 3 heteroatoms. The smallest absolute Gasteiger partial charge is 0.0442 e. The zero-order chi connectivity index (χ0) is 12.4. The van der Waals surface area contributed by atoms with Gasteiger partial charge in [-0.2, -0.15) is 0 Å². The summed E-state index contributed by atoms with van der Waals surface area (Å²) in [7, 11) is 2.18. The Bertz CT molecular complexity index is 382. The first-order valence-corrected chi connectivity index (χ1v) is 6.68. The van der Waals surface area contributed by atoms with E-state index in [9.17, 15) is 0 Å². The lowest BCUT2D eigenvalue weighted by Gasteiger charge is -2.34. The van der Waals surface area contributed by atoms with Crippen molar-refractivity contribution in [1.82, 2.24) is 4.90 Å². The molecule has 0 spiro atoms. The summed E-state index contributed by atoms with van der Waals surface area (Å²) < 4.78 is 0. The van der Waals surface area contributed by atoms with Crippen LogP contribution in [0.2, 0.25) is 5.02 Å². The average molecular weight is 253 g/mol. The maximum Gasteiger partial charge on any atom is 0.0442 e. The van der Waals surface area contributed by atoms with E-state index < -0.39 is 0 Å². The van der Waals surface area contributed by atoms with Crippen LogP contribution in [-0.2, 0) is 0 Å². The Balaban J connectivity index is 2.19. The van der Waals surface area contributed by atoms with Gasteiger partial charge < -0.3 is 9.80 Å². The molecule has 0 atom stereocenters. The van der Waals surface area contributed by atoms with Gasteiger partial charge in [0, 0.05) is 36.9 Å². The molecule has 94 valence electrons. The lowest BCUT2D eigenvalue weighted by Crippen LogP contribution is -2.44. The predicted octanol–water partition coefficient (Wildman–Crippen LogP) is 3.22. The SMILES string of the molecule is CC(C)c1cc(N2CCN(C)CC2)ccc1Cl. The van der Waals surface area contributed by atoms with Crippen molar-refractivity contribution in [3.63, 3.8) is 0 Å². The van der Waals surface area contributed by atoms with E-state index in [1.165, 1.54) is 11.3 Å². The summed E-state index contributed by atoms with van der Waals surface area (Å²) in [6.45, 7) is 8.87. The van der Waals surface area contributed by atoms with E-state index in [1.54, 1.807) is 0 Å². The molecule has 0 radical (unpaired) electrons. The van der Waals surface area contributed by atoms with Crippen LogP contribution in [0.15, 0.2) is 18.2 Å². The van der Waals surface area contributed by atoms with Gasteiger partial charge in [0.15, 0.2) is 0 Å². The molecule has 17 heavy (non-hydrogen) atoms. The summed E-state index contributed by atoms with van der Waals surface area (Å²) in [5, 5.41) is 0.887. The highest BCUT2D eigenvalue weighted by Gasteiger charge is 2.15. The summed E-state index contributed by atoms with van der Waals surface area (Å²) >= 11 is 6.23. The molecular formula is C14H21ClN2. The first-order chi connectivity index (χ1) is 8.08. The first kappa shape index (κ1) is 12.7. The minimum Gasteiger partial charge on any atom is -0.369 e. The minimum atomic E-state index is 0.481. The van der Waals surface area contributed by atoms with E-state index in [2.05, 4.69) is 42.8 Å². The van der Waals surface area contributed by atoms with Crippen LogP contribution >= 0.6 is 11.6 Å². The summed E-state index contributed by atoms with van der Waals surface area (Å²) in [4.78, 5) is 4.82. The van der Waals surface area contributed by atoms with Crippen molar-refractivity contribution in [2.24, 2.45) is 0 Å². The molecule has 1 aromatic rings. The van der Waals surface area contributed by atoms with E-state index in [0.717, 1.165) is 31.2 Å². The summed E-state index contributed by atoms with van der Waals surface area (Å²) in [5.74, 6) is 0.481. The predicted molar refractivity (Wildman–Crippen MR) is 75.3 cm³/mol. The second-order valence-electron chi connectivity index (χ2n) is 5.15. The fraction of sp³-hybridized carbons (Fsp3) is 0.571. The van der Waals surface area contributed by atoms with Gasteiger partial charge in [-0.25, -0.2) is 0 Å². The highest BCUT2D eigenvalue weighted by atomic mass is 35.5. The van der Waals surface area contributed by atoms with Gasteiger partial charge in [-0.15, -0.1) is 0 Å². The van der Waals surface area contributed by atoms with Gasteiger partial charge in [-0.05, 0) is 36.7 Å². The number of hydrogen-bond donors (Lipinski definition) is 0. The van der Waals surface area contributed by atoms with Gasteiger partial charge in [-0.1, -0.05) is 25.4 Å². The van der Waals surface area contributed by atoms with Crippen molar-refractivity contribution in [3.05, 3.63) is 28.8 Å². The van der Waals surface area contributed by atoms with E-state index >= 15 is 0 Å².